The Hall–Kier alpha value is -4.80. The van der Waals surface area contributed by atoms with E-state index in [0.717, 1.165) is 24.3 Å². The van der Waals surface area contributed by atoms with Gasteiger partial charge in [-0.05, 0) is 56.7 Å². The lowest BCUT2D eigenvalue weighted by molar-refractivity contribution is 0.588. The van der Waals surface area contributed by atoms with Gasteiger partial charge in [-0.2, -0.15) is 10.5 Å². The van der Waals surface area contributed by atoms with Crippen molar-refractivity contribution in [3.63, 3.8) is 0 Å². The van der Waals surface area contributed by atoms with Crippen LogP contribution >= 0.6 is 0 Å². The van der Waals surface area contributed by atoms with E-state index in [4.69, 9.17) is 10.5 Å². The van der Waals surface area contributed by atoms with Crippen molar-refractivity contribution in [2.75, 3.05) is 15.2 Å². The fraction of sp³-hybridized carbons (Fsp3) is 0.290. The highest BCUT2D eigenvalue weighted by Gasteiger charge is 2.21. The number of nitrogens with one attached hydrogen (secondary N) is 2. The fourth-order valence-electron chi connectivity index (χ4n) is 4.25. The molecule has 0 radical (unpaired) electrons. The molecule has 250 valence electrons. The average Bonchev–Trinajstić information content (AvgIpc) is 3.56. The van der Waals surface area contributed by atoms with Crippen molar-refractivity contribution in [2.24, 2.45) is 14.1 Å². The molecular weight excluding hydrogens is 661 g/mol. The van der Waals surface area contributed by atoms with Crippen LogP contribution in [-0.4, -0.2) is 37.0 Å². The van der Waals surface area contributed by atoms with E-state index in [-0.39, 0.29) is 16.9 Å². The molecule has 0 amide bonds. The summed E-state index contributed by atoms with van der Waals surface area (Å²) in [6.45, 7) is 4.69. The number of halogens is 4. The molecule has 4 rings (SSSR count). The summed E-state index contributed by atoms with van der Waals surface area (Å²) < 4.78 is 111. The number of unbranched alkanes of at least 4 members (excludes halogenated alkanes) is 1. The fourth-order valence-corrected chi connectivity index (χ4v) is 6.22. The number of sulfonamides is 2. The lowest BCUT2D eigenvalue weighted by Gasteiger charge is -2.13. The highest BCUT2D eigenvalue weighted by atomic mass is 32.2. The van der Waals surface area contributed by atoms with Gasteiger partial charge in [0.05, 0.1) is 33.8 Å². The van der Waals surface area contributed by atoms with Crippen molar-refractivity contribution in [1.29, 1.82) is 10.5 Å². The van der Waals surface area contributed by atoms with E-state index in [1.165, 1.54) is 47.2 Å². The first-order valence-corrected chi connectivity index (χ1v) is 17.3. The number of nitrogens with zero attached hydrogens (tertiary/aromatic N) is 4. The van der Waals surface area contributed by atoms with Crippen LogP contribution in [0.25, 0.3) is 22.5 Å². The smallest absolute Gasteiger partial charge is 0.235 e. The summed E-state index contributed by atoms with van der Waals surface area (Å²) in [4.78, 5) is 0. The van der Waals surface area contributed by atoms with Crippen molar-refractivity contribution < 1.29 is 34.4 Å². The average molecular weight is 693 g/mol. The van der Waals surface area contributed by atoms with Crippen LogP contribution in [0.5, 0.6) is 0 Å². The summed E-state index contributed by atoms with van der Waals surface area (Å²) in [6, 6.07) is 13.3. The molecule has 0 aliphatic heterocycles. The van der Waals surface area contributed by atoms with Crippen LogP contribution in [0.2, 0.25) is 0 Å². The number of hydrogen-bond acceptors (Lipinski definition) is 6. The zero-order valence-electron chi connectivity index (χ0n) is 26.1. The summed E-state index contributed by atoms with van der Waals surface area (Å²) in [5.41, 5.74) is 0.252. The Balaban J connectivity index is 0.000000256. The summed E-state index contributed by atoms with van der Waals surface area (Å²) >= 11 is 0. The van der Waals surface area contributed by atoms with E-state index < -0.39 is 59.9 Å². The molecule has 4 aromatic rings. The summed E-state index contributed by atoms with van der Waals surface area (Å²) in [7, 11) is -4.39. The van der Waals surface area contributed by atoms with Crippen molar-refractivity contribution in [2.45, 2.75) is 38.9 Å². The maximum atomic E-state index is 14.3. The quantitative estimate of drug-likeness (QED) is 0.184. The molecule has 0 unspecified atom stereocenters. The highest BCUT2D eigenvalue weighted by Crippen LogP contribution is 2.31. The molecule has 2 N–H and O–H groups in total. The van der Waals surface area contributed by atoms with Gasteiger partial charge in [0.25, 0.3) is 0 Å². The second kappa shape index (κ2) is 14.7. The van der Waals surface area contributed by atoms with E-state index in [1.807, 2.05) is 23.8 Å². The molecule has 0 saturated carbocycles. The topological polar surface area (TPSA) is 150 Å². The Labute approximate surface area is 271 Å². The lowest BCUT2D eigenvalue weighted by atomic mass is 10.1. The SMILES string of the molecule is CC(C)S(=O)(=O)Nc1cc(F)c(-c2ccc(C#N)n2C)cc1F.CCCCS(=O)(=O)Nc1cc(F)c(-c2ccc(C#N)n2C)cc1F. The van der Waals surface area contributed by atoms with Gasteiger partial charge in [-0.1, -0.05) is 13.3 Å². The molecule has 47 heavy (non-hydrogen) atoms. The maximum absolute atomic E-state index is 14.3. The Morgan fingerprint density at radius 2 is 1.15 bits per heavy atom. The van der Waals surface area contributed by atoms with Gasteiger partial charge in [0, 0.05) is 37.4 Å². The van der Waals surface area contributed by atoms with Crippen LogP contribution in [0.15, 0.2) is 48.5 Å². The van der Waals surface area contributed by atoms with Crippen molar-refractivity contribution in [1.82, 2.24) is 9.13 Å². The van der Waals surface area contributed by atoms with E-state index in [1.54, 1.807) is 14.1 Å². The number of anilines is 2. The normalized spacial score (nSPS) is 11.4. The predicted octanol–water partition coefficient (Wildman–Crippen LogP) is 6.38. The Morgan fingerprint density at radius 1 is 0.723 bits per heavy atom. The van der Waals surface area contributed by atoms with Crippen molar-refractivity contribution in [3.05, 3.63) is 83.2 Å². The third-order valence-corrected chi connectivity index (χ3v) is 10.1. The predicted molar refractivity (Wildman–Crippen MR) is 171 cm³/mol. The molecule has 0 fully saturated rings. The van der Waals surface area contributed by atoms with Gasteiger partial charge in [0.15, 0.2) is 0 Å². The molecule has 0 saturated heterocycles. The van der Waals surface area contributed by atoms with Crippen LogP contribution in [0.4, 0.5) is 28.9 Å². The Morgan fingerprint density at radius 3 is 1.51 bits per heavy atom. The first-order chi connectivity index (χ1) is 22.0. The van der Waals surface area contributed by atoms with Gasteiger partial charge in [-0.3, -0.25) is 9.44 Å². The largest absolute Gasteiger partial charge is 0.335 e. The van der Waals surface area contributed by atoms with Gasteiger partial charge < -0.3 is 9.13 Å². The van der Waals surface area contributed by atoms with Crippen LogP contribution in [-0.2, 0) is 34.1 Å². The standard InChI is InChI=1S/C16H17F2N3O2S.C15H15F2N3O2S/c1-3-4-7-24(22,23)20-15-9-13(17)12(8-14(15)18)16-6-5-11(10-19)21(16)2;1-9(2)23(21,22)19-14-7-12(16)11(6-13(14)17)15-5-4-10(8-18)20(15)3/h5-6,8-9,20H,3-4,7H2,1-2H3;4-7,9,19H,1-3H3. The van der Waals surface area contributed by atoms with Crippen LogP contribution in [0.1, 0.15) is 45.0 Å². The second-order valence-corrected chi connectivity index (χ2v) is 14.7. The van der Waals surface area contributed by atoms with Crippen molar-refractivity contribution in [3.8, 4) is 34.7 Å². The number of hydrogen-bond donors (Lipinski definition) is 2. The first kappa shape index (κ1) is 36.7. The highest BCUT2D eigenvalue weighted by molar-refractivity contribution is 7.93. The lowest BCUT2D eigenvalue weighted by Crippen LogP contribution is -2.23. The third-order valence-electron chi connectivity index (χ3n) is 7.04. The second-order valence-electron chi connectivity index (χ2n) is 10.6. The minimum atomic E-state index is -3.78. The molecule has 0 aliphatic carbocycles. The van der Waals surface area contributed by atoms with Gasteiger partial charge >= 0.3 is 0 Å². The molecule has 16 heteroatoms. The monoisotopic (exact) mass is 692 g/mol. The van der Waals surface area contributed by atoms with Gasteiger partial charge in [0.1, 0.15) is 46.8 Å². The van der Waals surface area contributed by atoms with E-state index in [0.29, 0.717) is 35.6 Å². The van der Waals surface area contributed by atoms with E-state index in [2.05, 4.69) is 4.72 Å². The summed E-state index contributed by atoms with van der Waals surface area (Å²) in [6.07, 6.45) is 1.10. The minimum absolute atomic E-state index is 0.0481. The van der Waals surface area contributed by atoms with Crippen LogP contribution in [0.3, 0.4) is 0 Å². The summed E-state index contributed by atoms with van der Waals surface area (Å²) in [5, 5.41) is 17.1. The number of nitriles is 2. The van der Waals surface area contributed by atoms with Gasteiger partial charge in [-0.15, -0.1) is 0 Å². The van der Waals surface area contributed by atoms with Crippen LogP contribution in [0, 0.1) is 45.9 Å². The summed E-state index contributed by atoms with van der Waals surface area (Å²) in [5.74, 6) is -3.51. The number of aromatic nitrogens is 2. The zero-order chi connectivity index (χ0) is 35.3. The maximum Gasteiger partial charge on any atom is 0.235 e. The molecule has 2 heterocycles. The number of rotatable bonds is 10. The molecule has 2 aromatic heterocycles. The van der Waals surface area contributed by atoms with E-state index in [9.17, 15) is 34.4 Å². The minimum Gasteiger partial charge on any atom is -0.335 e. The zero-order valence-corrected chi connectivity index (χ0v) is 27.7. The third kappa shape index (κ3) is 8.52. The molecular formula is C31H32F4N6O4S2. The Kier molecular flexibility index (Phi) is 11.5. The van der Waals surface area contributed by atoms with Crippen molar-refractivity contribution >= 4 is 31.4 Å². The first-order valence-electron chi connectivity index (χ1n) is 14.1. The molecule has 0 aliphatic rings. The molecule has 0 bridgehead atoms. The molecule has 10 nitrogen and oxygen atoms in total. The van der Waals surface area contributed by atoms with Gasteiger partial charge in [0.2, 0.25) is 20.0 Å². The van der Waals surface area contributed by atoms with Crippen LogP contribution < -0.4 is 9.44 Å². The molecule has 0 spiro atoms. The van der Waals surface area contributed by atoms with Gasteiger partial charge in [-0.25, -0.2) is 34.4 Å². The molecule has 0 atom stereocenters. The molecule has 2 aromatic carbocycles. The van der Waals surface area contributed by atoms with E-state index >= 15 is 0 Å². The Bertz CT molecular complexity index is 2090. The number of benzene rings is 2.